The predicted molar refractivity (Wildman–Crippen MR) is 118 cm³/mol. The highest BCUT2D eigenvalue weighted by Gasteiger charge is 2.24. The summed E-state index contributed by atoms with van der Waals surface area (Å²) in [4.78, 5) is 12.8. The Balaban J connectivity index is 1.71. The van der Waals surface area contributed by atoms with E-state index in [1.165, 1.54) is 23.3 Å². The van der Waals surface area contributed by atoms with Crippen LogP contribution in [0.5, 0.6) is 5.75 Å². The fourth-order valence-electron chi connectivity index (χ4n) is 3.87. The molecule has 1 aliphatic carbocycles. The summed E-state index contributed by atoms with van der Waals surface area (Å²) in [6.07, 6.45) is 3.34. The normalized spacial score (nSPS) is 16.6. The Morgan fingerprint density at radius 3 is 2.63 bits per heavy atom. The molecule has 0 aromatic heterocycles. The first-order chi connectivity index (χ1) is 14.1. The summed E-state index contributed by atoms with van der Waals surface area (Å²) in [7, 11) is -2.01. The van der Waals surface area contributed by atoms with Crippen LogP contribution in [-0.4, -0.2) is 27.0 Å². The SMILES string of the molecule is COc1ccc2c(c1)CCCC2CC(=O)Nc1cccc(S(=O)(=O)NC(C)(C)C)c1. The van der Waals surface area contributed by atoms with Gasteiger partial charge >= 0.3 is 0 Å². The molecule has 3 rings (SSSR count). The summed E-state index contributed by atoms with van der Waals surface area (Å²) in [6.45, 7) is 5.36. The maximum Gasteiger partial charge on any atom is 0.241 e. The number of hydrogen-bond acceptors (Lipinski definition) is 4. The van der Waals surface area contributed by atoms with Crippen molar-refractivity contribution in [2.24, 2.45) is 0 Å². The lowest BCUT2D eigenvalue weighted by Crippen LogP contribution is -2.40. The number of benzene rings is 2. The Labute approximate surface area is 179 Å². The van der Waals surface area contributed by atoms with Gasteiger partial charge in [-0.15, -0.1) is 0 Å². The zero-order valence-electron chi connectivity index (χ0n) is 18.0. The molecule has 0 saturated carbocycles. The minimum Gasteiger partial charge on any atom is -0.497 e. The van der Waals surface area contributed by atoms with E-state index < -0.39 is 15.6 Å². The number of aryl methyl sites for hydroxylation is 1. The summed E-state index contributed by atoms with van der Waals surface area (Å²) >= 11 is 0. The van der Waals surface area contributed by atoms with Crippen LogP contribution in [0.15, 0.2) is 47.4 Å². The lowest BCUT2D eigenvalue weighted by Gasteiger charge is -2.25. The van der Waals surface area contributed by atoms with Gasteiger partial charge in [-0.1, -0.05) is 12.1 Å². The van der Waals surface area contributed by atoms with E-state index in [0.29, 0.717) is 12.1 Å². The van der Waals surface area contributed by atoms with Gasteiger partial charge in [-0.05, 0) is 87.4 Å². The van der Waals surface area contributed by atoms with Crippen molar-refractivity contribution in [2.75, 3.05) is 12.4 Å². The van der Waals surface area contributed by atoms with Crippen LogP contribution in [0.25, 0.3) is 0 Å². The lowest BCUT2D eigenvalue weighted by atomic mass is 9.81. The first-order valence-electron chi connectivity index (χ1n) is 10.2. The van der Waals surface area contributed by atoms with Gasteiger partial charge in [0.25, 0.3) is 0 Å². The fourth-order valence-corrected chi connectivity index (χ4v) is 5.33. The molecule has 1 unspecified atom stereocenters. The number of amides is 1. The van der Waals surface area contributed by atoms with E-state index in [4.69, 9.17) is 4.74 Å². The molecule has 0 saturated heterocycles. The molecular formula is C23H30N2O4S. The van der Waals surface area contributed by atoms with Crippen LogP contribution in [0.4, 0.5) is 5.69 Å². The van der Waals surface area contributed by atoms with Gasteiger partial charge in [0.15, 0.2) is 0 Å². The summed E-state index contributed by atoms with van der Waals surface area (Å²) in [5.41, 5.74) is 2.32. The Bertz CT molecular complexity index is 1030. The van der Waals surface area contributed by atoms with Gasteiger partial charge < -0.3 is 10.1 Å². The number of carbonyl (C=O) groups excluding carboxylic acids is 1. The van der Waals surface area contributed by atoms with E-state index in [-0.39, 0.29) is 16.7 Å². The summed E-state index contributed by atoms with van der Waals surface area (Å²) < 4.78 is 33.1. The molecule has 6 nitrogen and oxygen atoms in total. The van der Waals surface area contributed by atoms with Gasteiger partial charge in [0.1, 0.15) is 5.75 Å². The molecule has 2 aromatic carbocycles. The van der Waals surface area contributed by atoms with Crippen molar-refractivity contribution in [2.45, 2.75) is 62.8 Å². The average Bonchev–Trinajstić information content (AvgIpc) is 2.66. The molecule has 0 heterocycles. The van der Waals surface area contributed by atoms with Gasteiger partial charge in [-0.3, -0.25) is 4.79 Å². The van der Waals surface area contributed by atoms with Gasteiger partial charge in [0, 0.05) is 17.6 Å². The zero-order chi connectivity index (χ0) is 21.9. The summed E-state index contributed by atoms with van der Waals surface area (Å²) in [5, 5.41) is 2.86. The molecule has 1 amide bonds. The van der Waals surface area contributed by atoms with Crippen LogP contribution in [0.2, 0.25) is 0 Å². The molecule has 7 heteroatoms. The van der Waals surface area contributed by atoms with E-state index in [1.54, 1.807) is 40.0 Å². The lowest BCUT2D eigenvalue weighted by molar-refractivity contribution is -0.116. The van der Waals surface area contributed by atoms with Crippen molar-refractivity contribution < 1.29 is 17.9 Å². The Morgan fingerprint density at radius 2 is 1.93 bits per heavy atom. The maximum atomic E-state index is 12.7. The fraction of sp³-hybridized carbons (Fsp3) is 0.435. The smallest absolute Gasteiger partial charge is 0.241 e. The minimum absolute atomic E-state index is 0.123. The number of carbonyl (C=O) groups is 1. The number of hydrogen-bond donors (Lipinski definition) is 2. The first-order valence-corrected chi connectivity index (χ1v) is 11.7. The number of methoxy groups -OCH3 is 1. The molecule has 0 radical (unpaired) electrons. The van der Waals surface area contributed by atoms with Crippen molar-refractivity contribution in [3.05, 3.63) is 53.6 Å². The third-order valence-corrected chi connectivity index (χ3v) is 6.84. The van der Waals surface area contributed by atoms with Crippen molar-refractivity contribution in [1.82, 2.24) is 4.72 Å². The molecule has 1 aliphatic rings. The van der Waals surface area contributed by atoms with Gasteiger partial charge in [-0.25, -0.2) is 13.1 Å². The largest absolute Gasteiger partial charge is 0.497 e. The first kappa shape index (κ1) is 22.3. The van der Waals surface area contributed by atoms with Gasteiger partial charge in [0.05, 0.1) is 12.0 Å². The molecule has 0 aliphatic heterocycles. The molecule has 162 valence electrons. The van der Waals surface area contributed by atoms with Gasteiger partial charge in [0.2, 0.25) is 15.9 Å². The molecule has 2 N–H and O–H groups in total. The standard InChI is InChI=1S/C23H30N2O4S/c1-23(2,3)25-30(27,28)20-10-6-9-18(15-20)24-22(26)14-17-8-5-7-16-13-19(29-4)11-12-21(16)17/h6,9-13,15,17,25H,5,7-8,14H2,1-4H3,(H,24,26). The number of fused-ring (bicyclic) bond motifs is 1. The monoisotopic (exact) mass is 430 g/mol. The second-order valence-corrected chi connectivity index (χ2v) is 10.5. The maximum absolute atomic E-state index is 12.7. The highest BCUT2D eigenvalue weighted by molar-refractivity contribution is 7.89. The van der Waals surface area contributed by atoms with Crippen LogP contribution < -0.4 is 14.8 Å². The Kier molecular flexibility index (Phi) is 6.53. The predicted octanol–water partition coefficient (Wildman–Crippen LogP) is 4.22. The third kappa shape index (κ3) is 5.61. The zero-order valence-corrected chi connectivity index (χ0v) is 18.8. The van der Waals surface area contributed by atoms with Crippen LogP contribution in [0, 0.1) is 0 Å². The molecule has 30 heavy (non-hydrogen) atoms. The van der Waals surface area contributed by atoms with Crippen molar-refractivity contribution >= 4 is 21.6 Å². The number of ether oxygens (including phenoxy) is 1. The molecule has 1 atom stereocenters. The van der Waals surface area contributed by atoms with Crippen molar-refractivity contribution in [1.29, 1.82) is 0 Å². The number of nitrogens with one attached hydrogen (secondary N) is 2. The van der Waals surface area contributed by atoms with Crippen LogP contribution in [0.1, 0.15) is 57.1 Å². The van der Waals surface area contributed by atoms with Crippen LogP contribution in [-0.2, 0) is 21.2 Å². The Hall–Kier alpha value is -2.38. The third-order valence-electron chi connectivity index (χ3n) is 5.09. The molecule has 2 aromatic rings. The van der Waals surface area contributed by atoms with Crippen molar-refractivity contribution in [3.63, 3.8) is 0 Å². The molecule has 0 spiro atoms. The summed E-state index contributed by atoms with van der Waals surface area (Å²) in [6, 6.07) is 12.4. The quantitative estimate of drug-likeness (QED) is 0.719. The van der Waals surface area contributed by atoms with Gasteiger partial charge in [-0.2, -0.15) is 0 Å². The minimum atomic E-state index is -3.66. The highest BCUT2D eigenvalue weighted by atomic mass is 32.2. The topological polar surface area (TPSA) is 84.5 Å². The summed E-state index contributed by atoms with van der Waals surface area (Å²) in [5.74, 6) is 0.858. The van der Waals surface area contributed by atoms with Crippen LogP contribution >= 0.6 is 0 Å². The van der Waals surface area contributed by atoms with Crippen LogP contribution in [0.3, 0.4) is 0 Å². The van der Waals surface area contributed by atoms with Crippen molar-refractivity contribution in [3.8, 4) is 5.75 Å². The van der Waals surface area contributed by atoms with E-state index in [1.807, 2.05) is 6.07 Å². The highest BCUT2D eigenvalue weighted by Crippen LogP contribution is 2.36. The average molecular weight is 431 g/mol. The number of anilines is 1. The van der Waals surface area contributed by atoms with E-state index in [2.05, 4.69) is 22.2 Å². The van der Waals surface area contributed by atoms with E-state index in [9.17, 15) is 13.2 Å². The number of rotatable bonds is 6. The molecular weight excluding hydrogens is 400 g/mol. The van der Waals surface area contributed by atoms with E-state index >= 15 is 0 Å². The molecule has 0 fully saturated rings. The van der Waals surface area contributed by atoms with E-state index in [0.717, 1.165) is 25.0 Å². The Morgan fingerprint density at radius 1 is 1.17 bits per heavy atom. The second kappa shape index (κ2) is 8.78. The number of sulfonamides is 1. The second-order valence-electron chi connectivity index (χ2n) is 8.79. The molecule has 0 bridgehead atoms.